The lowest BCUT2D eigenvalue weighted by molar-refractivity contribution is 0.124. The first-order valence-electron chi connectivity index (χ1n) is 3.56. The maximum Gasteiger partial charge on any atom is 0.116 e. The van der Waals surface area contributed by atoms with Crippen molar-refractivity contribution in [2.45, 2.75) is 31.9 Å². The van der Waals surface area contributed by atoms with Gasteiger partial charge < -0.3 is 10.2 Å². The number of hydrazine groups is 1. The van der Waals surface area contributed by atoms with Crippen molar-refractivity contribution < 1.29 is 10.2 Å². The van der Waals surface area contributed by atoms with Gasteiger partial charge in [-0.1, -0.05) is 6.42 Å². The lowest BCUT2D eigenvalue weighted by Gasteiger charge is -2.06. The number of hydrogen-bond acceptors (Lipinski definition) is 4. The average Bonchev–Trinajstić information content (AvgIpc) is 1.98. The predicted octanol–water partition coefficient (Wildman–Crippen LogP) is -0.679. The van der Waals surface area contributed by atoms with E-state index in [1.807, 2.05) is 0 Å². The molecule has 0 saturated carbocycles. The number of nitrogens with one attached hydrogen (secondary N) is 1. The van der Waals surface area contributed by atoms with Crippen LogP contribution in [0, 0.1) is 0 Å². The summed E-state index contributed by atoms with van der Waals surface area (Å²) in [6, 6.07) is 0. The molecule has 0 spiro atoms. The maximum absolute atomic E-state index is 8.86. The molecule has 1 atom stereocenters. The summed E-state index contributed by atoms with van der Waals surface area (Å²) < 4.78 is 0. The molecule has 0 fully saturated rings. The summed E-state index contributed by atoms with van der Waals surface area (Å²) in [4.78, 5) is 0. The van der Waals surface area contributed by atoms with Gasteiger partial charge in [-0.15, -0.1) is 0 Å². The van der Waals surface area contributed by atoms with Gasteiger partial charge in [0.15, 0.2) is 0 Å². The van der Waals surface area contributed by atoms with Gasteiger partial charge in [0.25, 0.3) is 0 Å². The fraction of sp³-hybridized carbons (Fsp3) is 1.00. The van der Waals surface area contributed by atoms with Crippen molar-refractivity contribution >= 4 is 0 Å². The fourth-order valence-corrected chi connectivity index (χ4v) is 0.710. The second-order valence-electron chi connectivity index (χ2n) is 2.26. The van der Waals surface area contributed by atoms with E-state index in [-0.39, 0.29) is 6.61 Å². The Bertz CT molecular complexity index is 70.8. The molecule has 0 amide bonds. The summed E-state index contributed by atoms with van der Waals surface area (Å²) in [6.45, 7) is 0.228. The standard InChI is InChI=1S/C6H16N2O2/c7-8-6(10)4-2-1-3-5-9/h6,8-10H,1-5,7H2. The normalized spacial score (nSPS) is 13.5. The number of nitrogens with two attached hydrogens (primary N) is 1. The molecule has 4 heteroatoms. The van der Waals surface area contributed by atoms with Crippen LogP contribution in [0.15, 0.2) is 0 Å². The van der Waals surface area contributed by atoms with Gasteiger partial charge in [-0.25, -0.2) is 5.43 Å². The average molecular weight is 148 g/mol. The highest BCUT2D eigenvalue weighted by Gasteiger charge is 1.97. The first kappa shape index (κ1) is 9.84. The molecule has 10 heavy (non-hydrogen) atoms. The van der Waals surface area contributed by atoms with Crippen molar-refractivity contribution in [1.29, 1.82) is 0 Å². The van der Waals surface area contributed by atoms with Crippen LogP contribution in [0.2, 0.25) is 0 Å². The minimum Gasteiger partial charge on any atom is -0.396 e. The minimum atomic E-state index is -0.598. The molecule has 0 radical (unpaired) electrons. The van der Waals surface area contributed by atoms with E-state index in [1.165, 1.54) is 0 Å². The zero-order valence-electron chi connectivity index (χ0n) is 6.08. The van der Waals surface area contributed by atoms with E-state index < -0.39 is 6.23 Å². The molecule has 4 nitrogen and oxygen atoms in total. The number of aliphatic hydroxyl groups is 2. The van der Waals surface area contributed by atoms with E-state index >= 15 is 0 Å². The van der Waals surface area contributed by atoms with Gasteiger partial charge in [-0.3, -0.25) is 5.84 Å². The fourth-order valence-electron chi connectivity index (χ4n) is 0.710. The van der Waals surface area contributed by atoms with Gasteiger partial charge in [0, 0.05) is 6.61 Å². The Balaban J connectivity index is 2.89. The first-order valence-corrected chi connectivity index (χ1v) is 3.56. The molecule has 0 aromatic heterocycles. The largest absolute Gasteiger partial charge is 0.396 e. The van der Waals surface area contributed by atoms with Gasteiger partial charge in [-0.05, 0) is 19.3 Å². The number of unbranched alkanes of at least 4 members (excludes halogenated alkanes) is 2. The van der Waals surface area contributed by atoms with Crippen LogP contribution >= 0.6 is 0 Å². The van der Waals surface area contributed by atoms with Crippen molar-refractivity contribution in [2.24, 2.45) is 5.84 Å². The number of hydrogen-bond donors (Lipinski definition) is 4. The molecule has 0 bridgehead atoms. The highest BCUT2D eigenvalue weighted by atomic mass is 16.3. The Hall–Kier alpha value is -0.160. The molecule has 1 unspecified atom stereocenters. The molecule has 0 saturated heterocycles. The van der Waals surface area contributed by atoms with Gasteiger partial charge in [0.05, 0.1) is 0 Å². The Morgan fingerprint density at radius 1 is 1.30 bits per heavy atom. The second kappa shape index (κ2) is 6.95. The smallest absolute Gasteiger partial charge is 0.116 e. The molecule has 62 valence electrons. The van der Waals surface area contributed by atoms with Crippen molar-refractivity contribution in [3.8, 4) is 0 Å². The van der Waals surface area contributed by atoms with E-state index in [0.717, 1.165) is 19.3 Å². The Kier molecular flexibility index (Phi) is 6.84. The van der Waals surface area contributed by atoms with E-state index in [2.05, 4.69) is 5.43 Å². The van der Waals surface area contributed by atoms with Crippen molar-refractivity contribution in [3.05, 3.63) is 0 Å². The Labute approximate surface area is 61.0 Å². The van der Waals surface area contributed by atoms with Gasteiger partial charge in [0.2, 0.25) is 0 Å². The van der Waals surface area contributed by atoms with Gasteiger partial charge in [0.1, 0.15) is 6.23 Å². The van der Waals surface area contributed by atoms with Crippen LogP contribution in [0.4, 0.5) is 0 Å². The van der Waals surface area contributed by atoms with Crippen molar-refractivity contribution in [3.63, 3.8) is 0 Å². The zero-order chi connectivity index (χ0) is 7.82. The summed E-state index contributed by atoms with van der Waals surface area (Å²) >= 11 is 0. The number of rotatable bonds is 6. The van der Waals surface area contributed by atoms with Gasteiger partial charge in [-0.2, -0.15) is 0 Å². The SMILES string of the molecule is NNC(O)CCCCCO. The minimum absolute atomic E-state index is 0.228. The second-order valence-corrected chi connectivity index (χ2v) is 2.26. The lowest BCUT2D eigenvalue weighted by atomic mass is 10.2. The molecule has 0 aliphatic heterocycles. The zero-order valence-corrected chi connectivity index (χ0v) is 6.08. The Morgan fingerprint density at radius 2 is 2.00 bits per heavy atom. The molecule has 0 heterocycles. The molecule has 5 N–H and O–H groups in total. The van der Waals surface area contributed by atoms with Crippen LogP contribution in [0.3, 0.4) is 0 Å². The third-order valence-corrected chi connectivity index (χ3v) is 1.33. The summed E-state index contributed by atoms with van der Waals surface area (Å²) in [5.41, 5.74) is 2.23. The van der Waals surface area contributed by atoms with Crippen molar-refractivity contribution in [1.82, 2.24) is 5.43 Å². The molecular formula is C6H16N2O2. The van der Waals surface area contributed by atoms with Crippen LogP contribution < -0.4 is 11.3 Å². The first-order chi connectivity index (χ1) is 4.81. The monoisotopic (exact) mass is 148 g/mol. The highest BCUT2D eigenvalue weighted by molar-refractivity contribution is 4.48. The molecule has 0 aliphatic carbocycles. The van der Waals surface area contributed by atoms with Crippen LogP contribution in [-0.4, -0.2) is 23.0 Å². The van der Waals surface area contributed by atoms with Crippen LogP contribution in [-0.2, 0) is 0 Å². The van der Waals surface area contributed by atoms with Crippen LogP contribution in [0.5, 0.6) is 0 Å². The van der Waals surface area contributed by atoms with E-state index in [9.17, 15) is 0 Å². The summed E-state index contributed by atoms with van der Waals surface area (Å²) in [5.74, 6) is 4.94. The van der Waals surface area contributed by atoms with Gasteiger partial charge >= 0.3 is 0 Å². The third kappa shape index (κ3) is 5.97. The lowest BCUT2D eigenvalue weighted by Crippen LogP contribution is -2.34. The van der Waals surface area contributed by atoms with E-state index in [0.29, 0.717) is 6.42 Å². The topological polar surface area (TPSA) is 78.5 Å². The van der Waals surface area contributed by atoms with Crippen LogP contribution in [0.25, 0.3) is 0 Å². The molecule has 0 aromatic carbocycles. The highest BCUT2D eigenvalue weighted by Crippen LogP contribution is 2.00. The quantitative estimate of drug-likeness (QED) is 0.174. The van der Waals surface area contributed by atoms with Crippen molar-refractivity contribution in [2.75, 3.05) is 6.61 Å². The predicted molar refractivity (Wildman–Crippen MR) is 38.9 cm³/mol. The summed E-state index contributed by atoms with van der Waals surface area (Å²) in [6.07, 6.45) is 2.69. The van der Waals surface area contributed by atoms with E-state index in [1.54, 1.807) is 0 Å². The third-order valence-electron chi connectivity index (χ3n) is 1.33. The molecule has 0 aliphatic rings. The Morgan fingerprint density at radius 3 is 2.50 bits per heavy atom. The summed E-state index contributed by atoms with van der Waals surface area (Å²) in [5, 5.41) is 17.2. The number of aliphatic hydroxyl groups excluding tert-OH is 2. The molecular weight excluding hydrogens is 132 g/mol. The van der Waals surface area contributed by atoms with E-state index in [4.69, 9.17) is 16.1 Å². The summed E-state index contributed by atoms with van der Waals surface area (Å²) in [7, 11) is 0. The van der Waals surface area contributed by atoms with Crippen LogP contribution in [0.1, 0.15) is 25.7 Å². The maximum atomic E-state index is 8.86. The molecule has 0 aromatic rings. The molecule has 0 rings (SSSR count).